The molecule has 1 aromatic carbocycles. The number of benzene rings is 1. The zero-order valence-electron chi connectivity index (χ0n) is 16.5. The largest absolute Gasteiger partial charge is 0.452 e. The lowest BCUT2D eigenvalue weighted by molar-refractivity contribution is -0.200. The summed E-state index contributed by atoms with van der Waals surface area (Å²) in [4.78, 5) is 27.9. The Morgan fingerprint density at radius 3 is 2.50 bits per heavy atom. The van der Waals surface area contributed by atoms with Crippen LogP contribution in [-0.4, -0.2) is 40.1 Å². The topological polar surface area (TPSA) is 66.8 Å². The average molecular weight is 383 g/mol. The lowest BCUT2D eigenvalue weighted by Gasteiger charge is -2.58. The van der Waals surface area contributed by atoms with Crippen molar-refractivity contribution in [1.82, 2.24) is 4.90 Å². The molecular weight excluding hydrogens is 354 g/mol. The van der Waals surface area contributed by atoms with Crippen LogP contribution >= 0.6 is 0 Å². The predicted molar refractivity (Wildman–Crippen MR) is 103 cm³/mol. The Balaban J connectivity index is 1.26. The Labute approximate surface area is 166 Å². The maximum absolute atomic E-state index is 13.1. The van der Waals surface area contributed by atoms with E-state index in [1.54, 1.807) is 11.8 Å². The molecule has 28 heavy (non-hydrogen) atoms. The summed E-state index contributed by atoms with van der Waals surface area (Å²) >= 11 is 0. The molecule has 4 aliphatic carbocycles. The normalized spacial score (nSPS) is 36.7. The monoisotopic (exact) mass is 383 g/mol. The minimum atomic E-state index is -0.777. The fourth-order valence-electron chi connectivity index (χ4n) is 6.73. The van der Waals surface area contributed by atoms with Gasteiger partial charge in [-0.2, -0.15) is 0 Å². The van der Waals surface area contributed by atoms with Gasteiger partial charge >= 0.3 is 5.97 Å². The molecule has 2 unspecified atom stereocenters. The number of carbonyl (C=O) groups is 2. The Morgan fingerprint density at radius 1 is 1.14 bits per heavy atom. The number of aliphatic hydroxyl groups is 1. The Kier molecular flexibility index (Phi) is 4.10. The molecule has 4 saturated carbocycles. The second-order valence-corrected chi connectivity index (χ2v) is 9.79. The molecule has 5 heteroatoms. The summed E-state index contributed by atoms with van der Waals surface area (Å²) in [6, 6.07) is 8.19. The Hall–Kier alpha value is -1.88. The van der Waals surface area contributed by atoms with Crippen molar-refractivity contribution >= 4 is 11.9 Å². The van der Waals surface area contributed by atoms with Gasteiger partial charge in [0, 0.05) is 13.1 Å². The van der Waals surface area contributed by atoms with Crippen LogP contribution in [0.4, 0.5) is 0 Å². The quantitative estimate of drug-likeness (QED) is 0.815. The first-order chi connectivity index (χ1) is 13.4. The zero-order chi connectivity index (χ0) is 19.5. The van der Waals surface area contributed by atoms with Gasteiger partial charge in [0.05, 0.1) is 11.0 Å². The second kappa shape index (κ2) is 6.31. The van der Waals surface area contributed by atoms with Gasteiger partial charge in [0.2, 0.25) is 0 Å². The first-order valence-electron chi connectivity index (χ1n) is 10.6. The number of hydrogen-bond acceptors (Lipinski definition) is 4. The lowest BCUT2D eigenvalue weighted by Crippen LogP contribution is -2.59. The molecule has 1 N–H and O–H groups in total. The van der Waals surface area contributed by atoms with Crippen molar-refractivity contribution in [3.05, 3.63) is 35.4 Å². The van der Waals surface area contributed by atoms with E-state index in [1.165, 1.54) is 11.1 Å². The number of hydrogen-bond donors (Lipinski definition) is 1. The van der Waals surface area contributed by atoms with Crippen LogP contribution in [0.15, 0.2) is 24.3 Å². The van der Waals surface area contributed by atoms with E-state index >= 15 is 0 Å². The molecule has 0 radical (unpaired) electrons. The van der Waals surface area contributed by atoms with Crippen LogP contribution in [-0.2, 0) is 27.3 Å². The van der Waals surface area contributed by atoms with Gasteiger partial charge in [-0.1, -0.05) is 24.3 Å². The van der Waals surface area contributed by atoms with Crippen molar-refractivity contribution in [3.63, 3.8) is 0 Å². The van der Waals surface area contributed by atoms with E-state index in [1.807, 2.05) is 12.1 Å². The highest BCUT2D eigenvalue weighted by Crippen LogP contribution is 2.62. The van der Waals surface area contributed by atoms with Crippen LogP contribution in [0.2, 0.25) is 0 Å². The van der Waals surface area contributed by atoms with Crippen LogP contribution in [0, 0.1) is 17.3 Å². The summed E-state index contributed by atoms with van der Waals surface area (Å²) in [5, 5.41) is 10.9. The number of rotatable bonds is 3. The summed E-state index contributed by atoms with van der Waals surface area (Å²) in [6.45, 7) is 2.93. The van der Waals surface area contributed by atoms with Gasteiger partial charge in [-0.15, -0.1) is 0 Å². The van der Waals surface area contributed by atoms with E-state index < -0.39 is 17.1 Å². The molecule has 6 rings (SSSR count). The van der Waals surface area contributed by atoms with Gasteiger partial charge in [0.1, 0.15) is 0 Å². The minimum absolute atomic E-state index is 0.119. The van der Waals surface area contributed by atoms with Gasteiger partial charge in [0.25, 0.3) is 5.91 Å². The highest BCUT2D eigenvalue weighted by atomic mass is 16.5. The van der Waals surface area contributed by atoms with E-state index in [0.717, 1.165) is 38.5 Å². The van der Waals surface area contributed by atoms with Crippen molar-refractivity contribution < 1.29 is 19.4 Å². The Morgan fingerprint density at radius 2 is 1.82 bits per heavy atom. The summed E-state index contributed by atoms with van der Waals surface area (Å²) in [5.74, 6) is 0.455. The third-order valence-corrected chi connectivity index (χ3v) is 7.54. The van der Waals surface area contributed by atoms with Crippen LogP contribution in [0.5, 0.6) is 0 Å². The lowest BCUT2D eigenvalue weighted by atomic mass is 9.48. The summed E-state index contributed by atoms with van der Waals surface area (Å²) in [6.07, 6.45) is 4.94. The van der Waals surface area contributed by atoms with Crippen LogP contribution in [0.1, 0.15) is 56.6 Å². The maximum Gasteiger partial charge on any atom is 0.312 e. The van der Waals surface area contributed by atoms with E-state index in [2.05, 4.69) is 12.1 Å². The van der Waals surface area contributed by atoms with Crippen molar-refractivity contribution in [1.29, 1.82) is 0 Å². The molecule has 1 amide bonds. The van der Waals surface area contributed by atoms with E-state index in [-0.39, 0.29) is 11.9 Å². The highest BCUT2D eigenvalue weighted by molar-refractivity contribution is 5.85. The van der Waals surface area contributed by atoms with E-state index in [4.69, 9.17) is 4.74 Å². The number of carbonyl (C=O) groups excluding carboxylic acids is 2. The van der Waals surface area contributed by atoms with Crippen molar-refractivity contribution in [2.75, 3.05) is 6.54 Å². The van der Waals surface area contributed by atoms with Gasteiger partial charge in [-0.05, 0) is 74.8 Å². The smallest absolute Gasteiger partial charge is 0.312 e. The molecule has 0 spiro atoms. The van der Waals surface area contributed by atoms with Gasteiger partial charge in [0.15, 0.2) is 6.10 Å². The van der Waals surface area contributed by atoms with Crippen molar-refractivity contribution in [3.8, 4) is 0 Å². The second-order valence-electron chi connectivity index (χ2n) is 9.79. The molecule has 0 aromatic heterocycles. The molecule has 0 saturated heterocycles. The first kappa shape index (κ1) is 18.2. The maximum atomic E-state index is 13.1. The third kappa shape index (κ3) is 2.95. The van der Waals surface area contributed by atoms with Crippen molar-refractivity contribution in [2.45, 2.75) is 70.1 Å². The number of ether oxygens (including phenoxy) is 1. The molecule has 5 atom stereocenters. The molecule has 1 heterocycles. The molecule has 1 aliphatic heterocycles. The first-order valence-corrected chi connectivity index (χ1v) is 10.6. The van der Waals surface area contributed by atoms with Crippen LogP contribution < -0.4 is 0 Å². The fraction of sp³-hybridized carbons (Fsp3) is 0.652. The highest BCUT2D eigenvalue weighted by Gasteiger charge is 2.61. The number of fused-ring (bicyclic) bond motifs is 1. The molecule has 4 fully saturated rings. The Bertz CT molecular complexity index is 805. The van der Waals surface area contributed by atoms with Gasteiger partial charge in [-0.25, -0.2) is 0 Å². The number of esters is 1. The van der Waals surface area contributed by atoms with Gasteiger partial charge in [-0.3, -0.25) is 9.59 Å². The van der Waals surface area contributed by atoms with E-state index in [0.29, 0.717) is 31.3 Å². The molecule has 4 bridgehead atoms. The van der Waals surface area contributed by atoms with Gasteiger partial charge < -0.3 is 14.7 Å². The molecule has 5 nitrogen and oxygen atoms in total. The average Bonchev–Trinajstić information content (AvgIpc) is 2.65. The third-order valence-electron chi connectivity index (χ3n) is 7.54. The summed E-state index contributed by atoms with van der Waals surface area (Å²) in [7, 11) is 0. The minimum Gasteiger partial charge on any atom is -0.452 e. The molecule has 1 aromatic rings. The van der Waals surface area contributed by atoms with Crippen molar-refractivity contribution in [2.24, 2.45) is 17.3 Å². The summed E-state index contributed by atoms with van der Waals surface area (Å²) < 4.78 is 5.74. The fourth-order valence-corrected chi connectivity index (χ4v) is 6.73. The molecule has 150 valence electrons. The number of amides is 1. The molecular formula is C23H29NO4. The number of nitrogens with zero attached hydrogens (tertiary/aromatic N) is 1. The molecule has 5 aliphatic rings. The standard InChI is InChI=1S/C23H29NO4/c1-15(20(25)24-7-6-18-4-2-3-5-19(18)13-24)28-21(26)22-9-16-8-17(10-22)12-23(27,11-16)14-22/h2-5,15-17,27H,6-14H2,1H3/t15-,16-,17+,22?,23?/m1/s1. The summed E-state index contributed by atoms with van der Waals surface area (Å²) in [5.41, 5.74) is 1.18. The predicted octanol–water partition coefficient (Wildman–Crippen LogP) is 2.83. The van der Waals surface area contributed by atoms with E-state index in [9.17, 15) is 14.7 Å². The zero-order valence-corrected chi connectivity index (χ0v) is 16.5. The van der Waals surface area contributed by atoms with Crippen LogP contribution in [0.25, 0.3) is 0 Å². The SMILES string of the molecule is C[C@@H](OC(=O)C12C[C@@H]3C[C@@H](CC(O)(C3)C1)C2)C(=O)N1CCc2ccccc2C1. The van der Waals surface area contributed by atoms with Crippen LogP contribution in [0.3, 0.4) is 0 Å².